The third kappa shape index (κ3) is 5.25. The average Bonchev–Trinajstić information content (AvgIpc) is 2.47. The van der Waals surface area contributed by atoms with Crippen molar-refractivity contribution >= 4 is 12.0 Å². The third-order valence-electron chi connectivity index (χ3n) is 4.21. The second-order valence-corrected chi connectivity index (χ2v) is 6.25. The molecule has 3 N–H and O–H groups in total. The van der Waals surface area contributed by atoms with Gasteiger partial charge in [-0.05, 0) is 25.3 Å². The van der Waals surface area contributed by atoms with Crippen LogP contribution in [-0.2, 0) is 11.2 Å². The van der Waals surface area contributed by atoms with E-state index in [4.69, 9.17) is 5.11 Å². The molecule has 126 valence electrons. The van der Waals surface area contributed by atoms with Crippen LogP contribution in [0.3, 0.4) is 0 Å². The predicted octanol–water partition coefficient (Wildman–Crippen LogP) is 1.55. The number of nitrogens with one attached hydrogen (secondary N) is 1. The van der Waals surface area contributed by atoms with E-state index >= 15 is 0 Å². The molecule has 0 unspecified atom stereocenters. The zero-order chi connectivity index (χ0) is 16.9. The summed E-state index contributed by atoms with van der Waals surface area (Å²) in [5, 5.41) is 21.9. The molecular formula is C17H24N2O4. The van der Waals surface area contributed by atoms with Gasteiger partial charge in [0.15, 0.2) is 0 Å². The van der Waals surface area contributed by atoms with Crippen molar-refractivity contribution < 1.29 is 19.8 Å². The molecule has 0 spiro atoms. The molecule has 1 heterocycles. The normalized spacial score (nSPS) is 16.9. The lowest BCUT2D eigenvalue weighted by atomic mass is 9.85. The SMILES string of the molecule is Cc1cccc(CC2(O)CCN(C(=O)NCCC(=O)O)CC2)c1. The predicted molar refractivity (Wildman–Crippen MR) is 86.3 cm³/mol. The Morgan fingerprint density at radius 3 is 2.61 bits per heavy atom. The summed E-state index contributed by atoms with van der Waals surface area (Å²) in [5.41, 5.74) is 1.49. The maximum atomic E-state index is 11.9. The minimum Gasteiger partial charge on any atom is -0.481 e. The third-order valence-corrected chi connectivity index (χ3v) is 4.21. The monoisotopic (exact) mass is 320 g/mol. The van der Waals surface area contributed by atoms with Gasteiger partial charge in [-0.2, -0.15) is 0 Å². The highest BCUT2D eigenvalue weighted by Crippen LogP contribution is 2.26. The number of carboxylic acid groups (broad SMARTS) is 1. The summed E-state index contributed by atoms with van der Waals surface area (Å²) in [4.78, 5) is 24.0. The molecule has 2 rings (SSSR count). The first-order chi connectivity index (χ1) is 10.9. The van der Waals surface area contributed by atoms with Crippen molar-refractivity contribution in [2.45, 2.75) is 38.2 Å². The van der Waals surface area contributed by atoms with E-state index in [-0.39, 0.29) is 19.0 Å². The van der Waals surface area contributed by atoms with E-state index in [1.807, 2.05) is 25.1 Å². The van der Waals surface area contributed by atoms with Crippen molar-refractivity contribution in [3.05, 3.63) is 35.4 Å². The summed E-state index contributed by atoms with van der Waals surface area (Å²) in [5.74, 6) is -0.934. The van der Waals surface area contributed by atoms with Gasteiger partial charge in [0.25, 0.3) is 0 Å². The molecule has 1 fully saturated rings. The van der Waals surface area contributed by atoms with Crippen LogP contribution >= 0.6 is 0 Å². The van der Waals surface area contributed by atoms with Gasteiger partial charge in [0.05, 0.1) is 12.0 Å². The van der Waals surface area contributed by atoms with E-state index in [2.05, 4.69) is 11.4 Å². The summed E-state index contributed by atoms with van der Waals surface area (Å²) in [6, 6.07) is 7.83. The maximum Gasteiger partial charge on any atom is 0.317 e. The molecule has 0 aliphatic carbocycles. The highest BCUT2D eigenvalue weighted by molar-refractivity contribution is 5.75. The Morgan fingerprint density at radius 1 is 1.30 bits per heavy atom. The first-order valence-electron chi connectivity index (χ1n) is 7.90. The lowest BCUT2D eigenvalue weighted by Gasteiger charge is -2.38. The molecular weight excluding hydrogens is 296 g/mol. The van der Waals surface area contributed by atoms with E-state index in [1.165, 1.54) is 5.56 Å². The number of amides is 2. The number of rotatable bonds is 5. The number of carbonyl (C=O) groups is 2. The van der Waals surface area contributed by atoms with Gasteiger partial charge in [0.1, 0.15) is 0 Å². The van der Waals surface area contributed by atoms with Crippen LogP contribution in [0.2, 0.25) is 0 Å². The van der Waals surface area contributed by atoms with Gasteiger partial charge in [0, 0.05) is 26.1 Å². The molecule has 6 heteroatoms. The van der Waals surface area contributed by atoms with Gasteiger partial charge in [-0.1, -0.05) is 29.8 Å². The van der Waals surface area contributed by atoms with Gasteiger partial charge >= 0.3 is 12.0 Å². The second kappa shape index (κ2) is 7.46. The Hall–Kier alpha value is -2.08. The molecule has 0 aromatic heterocycles. The molecule has 1 aromatic carbocycles. The highest BCUT2D eigenvalue weighted by Gasteiger charge is 2.33. The largest absolute Gasteiger partial charge is 0.481 e. The zero-order valence-corrected chi connectivity index (χ0v) is 13.4. The van der Waals surface area contributed by atoms with Crippen LogP contribution in [0.5, 0.6) is 0 Å². The Balaban J connectivity index is 1.82. The molecule has 1 aliphatic rings. The van der Waals surface area contributed by atoms with Gasteiger partial charge in [0.2, 0.25) is 0 Å². The van der Waals surface area contributed by atoms with Crippen LogP contribution in [0.1, 0.15) is 30.4 Å². The van der Waals surface area contributed by atoms with Crippen LogP contribution in [0.4, 0.5) is 4.79 Å². The molecule has 1 aromatic rings. The van der Waals surface area contributed by atoms with Crippen LogP contribution in [0.25, 0.3) is 0 Å². The van der Waals surface area contributed by atoms with Gasteiger partial charge in [-0.25, -0.2) is 4.79 Å². The van der Waals surface area contributed by atoms with Gasteiger partial charge in [-0.3, -0.25) is 4.79 Å². The molecule has 2 amide bonds. The van der Waals surface area contributed by atoms with Crippen LogP contribution in [-0.4, -0.2) is 52.3 Å². The van der Waals surface area contributed by atoms with Gasteiger partial charge in [-0.15, -0.1) is 0 Å². The number of hydrogen-bond acceptors (Lipinski definition) is 3. The van der Waals surface area contributed by atoms with E-state index in [1.54, 1.807) is 4.90 Å². The number of likely N-dealkylation sites (tertiary alicyclic amines) is 1. The summed E-state index contributed by atoms with van der Waals surface area (Å²) in [7, 11) is 0. The lowest BCUT2D eigenvalue weighted by molar-refractivity contribution is -0.136. The average molecular weight is 320 g/mol. The molecule has 0 atom stereocenters. The van der Waals surface area contributed by atoms with Crippen LogP contribution in [0.15, 0.2) is 24.3 Å². The minimum atomic E-state index is -0.934. The topological polar surface area (TPSA) is 89.9 Å². The van der Waals surface area contributed by atoms with E-state index in [0.29, 0.717) is 32.4 Å². The maximum absolute atomic E-state index is 11.9. The van der Waals surface area contributed by atoms with E-state index < -0.39 is 11.6 Å². The van der Waals surface area contributed by atoms with Crippen molar-refractivity contribution in [2.75, 3.05) is 19.6 Å². The standard InChI is InChI=1S/C17H24N2O4/c1-13-3-2-4-14(11-13)12-17(23)6-9-19(10-7-17)16(22)18-8-5-15(20)21/h2-4,11,23H,5-10,12H2,1H3,(H,18,22)(H,20,21). The fourth-order valence-electron chi connectivity index (χ4n) is 2.89. The minimum absolute atomic E-state index is 0.0864. The van der Waals surface area contributed by atoms with E-state index in [9.17, 15) is 14.7 Å². The zero-order valence-electron chi connectivity index (χ0n) is 13.4. The van der Waals surface area contributed by atoms with E-state index in [0.717, 1.165) is 5.56 Å². The number of hydrogen-bond donors (Lipinski definition) is 3. The number of urea groups is 1. The van der Waals surface area contributed by atoms with Crippen molar-refractivity contribution in [3.63, 3.8) is 0 Å². The first kappa shape index (κ1) is 17.3. The number of carboxylic acids is 1. The first-order valence-corrected chi connectivity index (χ1v) is 7.90. The number of aliphatic hydroxyl groups is 1. The summed E-state index contributed by atoms with van der Waals surface area (Å²) < 4.78 is 0. The van der Waals surface area contributed by atoms with Crippen molar-refractivity contribution in [1.82, 2.24) is 10.2 Å². The summed E-state index contributed by atoms with van der Waals surface area (Å²) in [6.07, 6.45) is 1.54. The summed E-state index contributed by atoms with van der Waals surface area (Å²) >= 11 is 0. The molecule has 1 aliphatic heterocycles. The van der Waals surface area contributed by atoms with Gasteiger partial charge < -0.3 is 20.4 Å². The fourth-order valence-corrected chi connectivity index (χ4v) is 2.89. The van der Waals surface area contributed by atoms with Crippen molar-refractivity contribution in [3.8, 4) is 0 Å². The molecule has 1 saturated heterocycles. The Kier molecular flexibility index (Phi) is 5.60. The number of carbonyl (C=O) groups excluding carboxylic acids is 1. The lowest BCUT2D eigenvalue weighted by Crippen LogP contribution is -2.50. The second-order valence-electron chi connectivity index (χ2n) is 6.25. The quantitative estimate of drug-likeness (QED) is 0.768. The number of nitrogens with zero attached hydrogens (tertiary/aromatic N) is 1. The number of piperidine rings is 1. The highest BCUT2D eigenvalue weighted by atomic mass is 16.4. The molecule has 0 bridgehead atoms. The van der Waals surface area contributed by atoms with Crippen molar-refractivity contribution in [2.24, 2.45) is 0 Å². The fraction of sp³-hybridized carbons (Fsp3) is 0.529. The Labute approximate surface area is 136 Å². The Morgan fingerprint density at radius 2 is 2.00 bits per heavy atom. The molecule has 23 heavy (non-hydrogen) atoms. The number of benzene rings is 1. The van der Waals surface area contributed by atoms with Crippen LogP contribution in [0, 0.1) is 6.92 Å². The number of aryl methyl sites for hydroxylation is 1. The Bertz CT molecular complexity index is 565. The molecule has 0 radical (unpaired) electrons. The summed E-state index contributed by atoms with van der Waals surface area (Å²) in [6.45, 7) is 3.10. The van der Waals surface area contributed by atoms with Crippen LogP contribution < -0.4 is 5.32 Å². The molecule has 6 nitrogen and oxygen atoms in total. The van der Waals surface area contributed by atoms with Crippen molar-refractivity contribution in [1.29, 1.82) is 0 Å². The smallest absolute Gasteiger partial charge is 0.317 e. The molecule has 0 saturated carbocycles. The number of aliphatic carboxylic acids is 1.